The van der Waals surface area contributed by atoms with Gasteiger partial charge in [-0.05, 0) is 57.2 Å². The van der Waals surface area contributed by atoms with Gasteiger partial charge >= 0.3 is 0 Å². The fraction of sp³-hybridized carbons (Fsp3) is 0.667. The zero-order valence-corrected chi connectivity index (χ0v) is 13.1. The number of benzene rings is 1. The minimum Gasteiger partial charge on any atom is -0.329 e. The van der Waals surface area contributed by atoms with E-state index in [1.165, 1.54) is 50.8 Å². The fourth-order valence-corrected chi connectivity index (χ4v) is 3.55. The summed E-state index contributed by atoms with van der Waals surface area (Å²) in [4.78, 5) is 2.64. The maximum absolute atomic E-state index is 6.04. The molecule has 20 heavy (non-hydrogen) atoms. The third-order valence-electron chi connectivity index (χ3n) is 4.97. The number of likely N-dealkylation sites (tertiary alicyclic amines) is 1. The van der Waals surface area contributed by atoms with Gasteiger partial charge in [-0.3, -0.25) is 4.90 Å². The molecule has 1 aromatic carbocycles. The first-order valence-corrected chi connectivity index (χ1v) is 8.17. The van der Waals surface area contributed by atoms with Crippen LogP contribution >= 0.6 is 0 Å². The van der Waals surface area contributed by atoms with Gasteiger partial charge in [-0.2, -0.15) is 0 Å². The molecule has 1 unspecified atom stereocenters. The Balaban J connectivity index is 1.86. The highest BCUT2D eigenvalue weighted by molar-refractivity contribution is 5.15. The summed E-state index contributed by atoms with van der Waals surface area (Å²) in [6.45, 7) is 7.81. The van der Waals surface area contributed by atoms with E-state index in [-0.39, 0.29) is 5.54 Å². The maximum Gasteiger partial charge on any atom is 0.0303 e. The molecule has 1 aliphatic rings. The molecule has 2 nitrogen and oxygen atoms in total. The van der Waals surface area contributed by atoms with Crippen LogP contribution in [0.15, 0.2) is 30.3 Å². The summed E-state index contributed by atoms with van der Waals surface area (Å²) >= 11 is 0. The predicted octanol–water partition coefficient (Wildman–Crippen LogP) is 3.46. The lowest BCUT2D eigenvalue weighted by Gasteiger charge is -2.44. The molecule has 1 atom stereocenters. The molecule has 1 aromatic rings. The molecule has 0 amide bonds. The first kappa shape index (κ1) is 15.5. The quantitative estimate of drug-likeness (QED) is 0.861. The van der Waals surface area contributed by atoms with Crippen molar-refractivity contribution >= 4 is 0 Å². The summed E-state index contributed by atoms with van der Waals surface area (Å²) in [5, 5.41) is 0. The molecule has 1 fully saturated rings. The number of nitrogens with zero attached hydrogens (tertiary/aromatic N) is 1. The van der Waals surface area contributed by atoms with Gasteiger partial charge in [0, 0.05) is 12.1 Å². The summed E-state index contributed by atoms with van der Waals surface area (Å²) in [7, 11) is 0. The van der Waals surface area contributed by atoms with Crippen LogP contribution in [0.25, 0.3) is 0 Å². The highest BCUT2D eigenvalue weighted by Gasteiger charge is 2.32. The second-order valence-corrected chi connectivity index (χ2v) is 6.57. The van der Waals surface area contributed by atoms with E-state index in [1.807, 2.05) is 0 Å². The van der Waals surface area contributed by atoms with E-state index in [0.717, 1.165) is 12.5 Å². The minimum absolute atomic E-state index is 0.215. The molecule has 0 aliphatic carbocycles. The fourth-order valence-electron chi connectivity index (χ4n) is 3.55. The average Bonchev–Trinajstić information content (AvgIpc) is 2.49. The number of nitrogens with two attached hydrogens (primary N) is 1. The molecule has 0 radical (unpaired) electrons. The molecule has 112 valence electrons. The Hall–Kier alpha value is -0.860. The van der Waals surface area contributed by atoms with Crippen molar-refractivity contribution in [3.05, 3.63) is 35.9 Å². The number of piperidine rings is 1. The van der Waals surface area contributed by atoms with E-state index in [4.69, 9.17) is 5.73 Å². The van der Waals surface area contributed by atoms with Gasteiger partial charge in [0.25, 0.3) is 0 Å². The molecule has 2 N–H and O–H groups in total. The molecule has 1 aliphatic heterocycles. The van der Waals surface area contributed by atoms with Crippen LogP contribution in [0, 0.1) is 5.92 Å². The van der Waals surface area contributed by atoms with Gasteiger partial charge in [0.05, 0.1) is 0 Å². The summed E-state index contributed by atoms with van der Waals surface area (Å²) in [5.74, 6) is 0.845. The summed E-state index contributed by atoms with van der Waals surface area (Å²) in [5.41, 5.74) is 7.74. The minimum atomic E-state index is 0.215. The Morgan fingerprint density at radius 2 is 1.85 bits per heavy atom. The van der Waals surface area contributed by atoms with Gasteiger partial charge in [0.2, 0.25) is 0 Å². The molecule has 0 saturated carbocycles. The molecule has 1 saturated heterocycles. The molecule has 0 aromatic heterocycles. The average molecular weight is 274 g/mol. The van der Waals surface area contributed by atoms with Gasteiger partial charge in [-0.1, -0.05) is 43.7 Å². The standard InChI is InChI=1S/C18H30N2/c1-3-11-18(2,15-19)20-12-9-17(10-13-20)14-16-7-5-4-6-8-16/h4-8,17H,3,9-15,19H2,1-2H3. The van der Waals surface area contributed by atoms with E-state index in [0.29, 0.717) is 0 Å². The van der Waals surface area contributed by atoms with E-state index in [9.17, 15) is 0 Å². The largest absolute Gasteiger partial charge is 0.329 e. The lowest BCUT2D eigenvalue weighted by Crippen LogP contribution is -2.54. The molecular formula is C18H30N2. The van der Waals surface area contributed by atoms with Crippen molar-refractivity contribution in [2.24, 2.45) is 11.7 Å². The zero-order chi connectivity index (χ0) is 14.4. The van der Waals surface area contributed by atoms with Crippen LogP contribution in [-0.4, -0.2) is 30.1 Å². The van der Waals surface area contributed by atoms with Crippen LogP contribution in [0.4, 0.5) is 0 Å². The van der Waals surface area contributed by atoms with Crippen molar-refractivity contribution in [1.29, 1.82) is 0 Å². The highest BCUT2D eigenvalue weighted by Crippen LogP contribution is 2.28. The predicted molar refractivity (Wildman–Crippen MR) is 86.8 cm³/mol. The van der Waals surface area contributed by atoms with Crippen LogP contribution in [-0.2, 0) is 6.42 Å². The first-order valence-electron chi connectivity index (χ1n) is 8.17. The van der Waals surface area contributed by atoms with Crippen molar-refractivity contribution in [1.82, 2.24) is 4.90 Å². The smallest absolute Gasteiger partial charge is 0.0303 e. The second kappa shape index (κ2) is 7.24. The monoisotopic (exact) mass is 274 g/mol. The first-order chi connectivity index (χ1) is 9.68. The van der Waals surface area contributed by atoms with E-state index in [1.54, 1.807) is 0 Å². The van der Waals surface area contributed by atoms with Crippen LogP contribution < -0.4 is 5.73 Å². The van der Waals surface area contributed by atoms with Crippen LogP contribution in [0.5, 0.6) is 0 Å². The second-order valence-electron chi connectivity index (χ2n) is 6.57. The van der Waals surface area contributed by atoms with Gasteiger partial charge < -0.3 is 5.73 Å². The van der Waals surface area contributed by atoms with Crippen LogP contribution in [0.2, 0.25) is 0 Å². The molecule has 2 rings (SSSR count). The number of rotatable bonds is 6. The third kappa shape index (κ3) is 3.83. The van der Waals surface area contributed by atoms with E-state index >= 15 is 0 Å². The van der Waals surface area contributed by atoms with Gasteiger partial charge in [-0.25, -0.2) is 0 Å². The normalized spacial score (nSPS) is 20.8. The van der Waals surface area contributed by atoms with Gasteiger partial charge in [0.15, 0.2) is 0 Å². The van der Waals surface area contributed by atoms with Crippen LogP contribution in [0.3, 0.4) is 0 Å². The zero-order valence-electron chi connectivity index (χ0n) is 13.1. The number of hydrogen-bond acceptors (Lipinski definition) is 2. The number of hydrogen-bond donors (Lipinski definition) is 1. The van der Waals surface area contributed by atoms with Gasteiger partial charge in [0.1, 0.15) is 0 Å². The third-order valence-corrected chi connectivity index (χ3v) is 4.97. The topological polar surface area (TPSA) is 29.3 Å². The molecule has 0 spiro atoms. The van der Waals surface area contributed by atoms with Crippen molar-refractivity contribution in [3.8, 4) is 0 Å². The Morgan fingerprint density at radius 1 is 1.20 bits per heavy atom. The van der Waals surface area contributed by atoms with Crippen molar-refractivity contribution in [2.45, 2.75) is 51.5 Å². The van der Waals surface area contributed by atoms with Crippen molar-refractivity contribution in [3.63, 3.8) is 0 Å². The van der Waals surface area contributed by atoms with Gasteiger partial charge in [-0.15, -0.1) is 0 Å². The highest BCUT2D eigenvalue weighted by atomic mass is 15.2. The Bertz CT molecular complexity index is 382. The van der Waals surface area contributed by atoms with Crippen molar-refractivity contribution < 1.29 is 0 Å². The lowest BCUT2D eigenvalue weighted by atomic mass is 9.86. The van der Waals surface area contributed by atoms with Crippen LogP contribution in [0.1, 0.15) is 45.1 Å². The van der Waals surface area contributed by atoms with Crippen molar-refractivity contribution in [2.75, 3.05) is 19.6 Å². The maximum atomic E-state index is 6.04. The van der Waals surface area contributed by atoms with E-state index in [2.05, 4.69) is 49.1 Å². The Kier molecular flexibility index (Phi) is 5.62. The lowest BCUT2D eigenvalue weighted by molar-refractivity contribution is 0.0605. The molecule has 2 heteroatoms. The molecule has 1 heterocycles. The SMILES string of the molecule is CCCC(C)(CN)N1CCC(Cc2ccccc2)CC1. The Labute approximate surface area is 124 Å². The summed E-state index contributed by atoms with van der Waals surface area (Å²) < 4.78 is 0. The Morgan fingerprint density at radius 3 is 2.40 bits per heavy atom. The van der Waals surface area contributed by atoms with E-state index < -0.39 is 0 Å². The molecule has 0 bridgehead atoms. The molecular weight excluding hydrogens is 244 g/mol. The summed E-state index contributed by atoms with van der Waals surface area (Å²) in [6.07, 6.45) is 6.30. The summed E-state index contributed by atoms with van der Waals surface area (Å²) in [6, 6.07) is 10.9.